The summed E-state index contributed by atoms with van der Waals surface area (Å²) in [6.45, 7) is 4.70. The number of aromatic nitrogens is 3. The predicted octanol–water partition coefficient (Wildman–Crippen LogP) is 12.8. The molecule has 10 rings (SSSR count). The molecule has 9 aromatic rings. The third-order valence-corrected chi connectivity index (χ3v) is 10.9. The summed E-state index contributed by atoms with van der Waals surface area (Å²) in [5.41, 5.74) is 15.8. The summed E-state index contributed by atoms with van der Waals surface area (Å²) >= 11 is 0. The zero-order chi connectivity index (χ0) is 35.5. The first kappa shape index (κ1) is 31.1. The van der Waals surface area contributed by atoms with Crippen molar-refractivity contribution in [1.82, 2.24) is 15.0 Å². The van der Waals surface area contributed by atoms with E-state index in [0.29, 0.717) is 5.82 Å². The van der Waals surface area contributed by atoms with Crippen molar-refractivity contribution in [3.05, 3.63) is 187 Å². The topological polar surface area (TPSA) is 38.7 Å². The van der Waals surface area contributed by atoms with Crippen LogP contribution < -0.4 is 0 Å². The van der Waals surface area contributed by atoms with Gasteiger partial charge in [0.2, 0.25) is 0 Å². The molecule has 3 nitrogen and oxygen atoms in total. The fourth-order valence-corrected chi connectivity index (χ4v) is 8.06. The van der Waals surface area contributed by atoms with E-state index in [1.165, 1.54) is 44.2 Å². The van der Waals surface area contributed by atoms with Crippen molar-refractivity contribution in [3.8, 4) is 67.3 Å². The molecule has 53 heavy (non-hydrogen) atoms. The van der Waals surface area contributed by atoms with Crippen molar-refractivity contribution in [2.45, 2.75) is 19.3 Å². The maximum atomic E-state index is 5.11. The number of nitrogens with zero attached hydrogens (tertiary/aromatic N) is 3. The van der Waals surface area contributed by atoms with Crippen LogP contribution in [-0.2, 0) is 5.41 Å². The monoisotopic (exact) mass is 677 g/mol. The lowest BCUT2D eigenvalue weighted by atomic mass is 9.81. The van der Waals surface area contributed by atoms with Gasteiger partial charge in [-0.2, -0.15) is 0 Å². The largest absolute Gasteiger partial charge is 0.256 e. The first-order valence-electron chi connectivity index (χ1n) is 18.2. The van der Waals surface area contributed by atoms with Crippen LogP contribution in [0.2, 0.25) is 0 Å². The van der Waals surface area contributed by atoms with Gasteiger partial charge in [-0.15, -0.1) is 0 Å². The van der Waals surface area contributed by atoms with Crippen LogP contribution in [-0.4, -0.2) is 15.0 Å². The predicted molar refractivity (Wildman–Crippen MR) is 220 cm³/mol. The molecule has 0 fully saturated rings. The van der Waals surface area contributed by atoms with Gasteiger partial charge in [-0.1, -0.05) is 153 Å². The maximum absolute atomic E-state index is 5.11. The van der Waals surface area contributed by atoms with E-state index in [2.05, 4.69) is 158 Å². The molecule has 2 heterocycles. The number of hydrogen-bond acceptors (Lipinski definition) is 3. The van der Waals surface area contributed by atoms with Gasteiger partial charge in [0.1, 0.15) is 0 Å². The molecule has 0 unspecified atom stereocenters. The normalized spacial score (nSPS) is 12.9. The van der Waals surface area contributed by atoms with Gasteiger partial charge in [0.25, 0.3) is 0 Å². The Balaban J connectivity index is 1.04. The van der Waals surface area contributed by atoms with E-state index < -0.39 is 0 Å². The van der Waals surface area contributed by atoms with Gasteiger partial charge < -0.3 is 0 Å². The molecular weight excluding hydrogens is 643 g/mol. The SMILES string of the molecule is CC1(C)c2cc3ccccc3cc2-c2c(-c3ccc(-c4cc(-c5ccc(-c6cnc7ccccc7c6)cc5)nc(-c5ccccc5)n4)cc3)cccc21. The molecule has 2 aromatic heterocycles. The zero-order valence-corrected chi connectivity index (χ0v) is 29.6. The molecule has 0 N–H and O–H groups in total. The van der Waals surface area contributed by atoms with Gasteiger partial charge in [-0.3, -0.25) is 4.98 Å². The molecule has 0 atom stereocenters. The molecule has 7 aromatic carbocycles. The lowest BCUT2D eigenvalue weighted by Gasteiger charge is -2.22. The van der Waals surface area contributed by atoms with Crippen molar-refractivity contribution in [2.75, 3.05) is 0 Å². The lowest BCUT2D eigenvalue weighted by Crippen LogP contribution is -2.14. The van der Waals surface area contributed by atoms with Crippen LogP contribution in [0.15, 0.2) is 176 Å². The third-order valence-electron chi connectivity index (χ3n) is 10.9. The molecule has 0 amide bonds. The molecule has 1 aliphatic rings. The Morgan fingerprint density at radius 1 is 0.396 bits per heavy atom. The van der Waals surface area contributed by atoms with Crippen molar-refractivity contribution in [1.29, 1.82) is 0 Å². The van der Waals surface area contributed by atoms with Gasteiger partial charge in [-0.05, 0) is 80.0 Å². The van der Waals surface area contributed by atoms with Crippen molar-refractivity contribution < 1.29 is 0 Å². The van der Waals surface area contributed by atoms with E-state index >= 15 is 0 Å². The molecule has 3 heteroatoms. The van der Waals surface area contributed by atoms with Crippen LogP contribution in [0, 0.1) is 0 Å². The second-order valence-electron chi connectivity index (χ2n) is 14.5. The molecule has 0 radical (unpaired) electrons. The van der Waals surface area contributed by atoms with Crippen LogP contribution in [0.5, 0.6) is 0 Å². The third kappa shape index (κ3) is 5.32. The number of pyridine rings is 1. The van der Waals surface area contributed by atoms with Crippen LogP contribution in [0.3, 0.4) is 0 Å². The quantitative estimate of drug-likeness (QED) is 0.182. The molecule has 1 aliphatic carbocycles. The van der Waals surface area contributed by atoms with Crippen molar-refractivity contribution in [3.63, 3.8) is 0 Å². The van der Waals surface area contributed by atoms with E-state index in [1.807, 2.05) is 36.5 Å². The zero-order valence-electron chi connectivity index (χ0n) is 29.6. The minimum atomic E-state index is -0.0829. The molecule has 0 bridgehead atoms. The Morgan fingerprint density at radius 3 is 1.72 bits per heavy atom. The first-order chi connectivity index (χ1) is 26.0. The summed E-state index contributed by atoms with van der Waals surface area (Å²) in [7, 11) is 0. The van der Waals surface area contributed by atoms with Gasteiger partial charge in [0, 0.05) is 39.3 Å². The summed E-state index contributed by atoms with van der Waals surface area (Å²) in [6, 6.07) is 60.5. The molecular formula is C50H35N3. The summed E-state index contributed by atoms with van der Waals surface area (Å²) in [5, 5.41) is 3.69. The summed E-state index contributed by atoms with van der Waals surface area (Å²) in [4.78, 5) is 14.9. The molecule has 0 spiro atoms. The van der Waals surface area contributed by atoms with E-state index in [0.717, 1.165) is 50.1 Å². The van der Waals surface area contributed by atoms with Crippen molar-refractivity contribution in [2.24, 2.45) is 0 Å². The Hall–Kier alpha value is -6.71. The van der Waals surface area contributed by atoms with Gasteiger partial charge in [0.05, 0.1) is 16.9 Å². The summed E-state index contributed by atoms with van der Waals surface area (Å²) in [6.07, 6.45) is 1.95. The Bertz CT molecular complexity index is 2840. The number of rotatable bonds is 5. The van der Waals surface area contributed by atoms with Crippen LogP contribution in [0.1, 0.15) is 25.0 Å². The average molecular weight is 678 g/mol. The van der Waals surface area contributed by atoms with Crippen LogP contribution in [0.25, 0.3) is 89.0 Å². The Labute approximate surface area is 309 Å². The highest BCUT2D eigenvalue weighted by Crippen LogP contribution is 2.53. The Kier molecular flexibility index (Phi) is 7.16. The second-order valence-corrected chi connectivity index (χ2v) is 14.5. The smallest absolute Gasteiger partial charge is 0.160 e. The van der Waals surface area contributed by atoms with E-state index in [-0.39, 0.29) is 5.41 Å². The molecule has 0 saturated heterocycles. The first-order valence-corrected chi connectivity index (χ1v) is 18.2. The maximum Gasteiger partial charge on any atom is 0.160 e. The second kappa shape index (κ2) is 12.2. The van der Waals surface area contributed by atoms with Crippen molar-refractivity contribution >= 4 is 21.7 Å². The van der Waals surface area contributed by atoms with E-state index in [1.54, 1.807) is 0 Å². The highest BCUT2D eigenvalue weighted by Gasteiger charge is 2.37. The minimum Gasteiger partial charge on any atom is -0.256 e. The van der Waals surface area contributed by atoms with E-state index in [4.69, 9.17) is 9.97 Å². The van der Waals surface area contributed by atoms with Gasteiger partial charge in [-0.25, -0.2) is 9.97 Å². The number of para-hydroxylation sites is 1. The minimum absolute atomic E-state index is 0.0829. The van der Waals surface area contributed by atoms with Crippen LogP contribution >= 0.6 is 0 Å². The highest BCUT2D eigenvalue weighted by molar-refractivity contribution is 5.98. The average Bonchev–Trinajstić information content (AvgIpc) is 3.45. The molecule has 0 saturated carbocycles. The van der Waals surface area contributed by atoms with Gasteiger partial charge in [0.15, 0.2) is 5.82 Å². The highest BCUT2D eigenvalue weighted by atomic mass is 14.9. The standard InChI is InChI=1S/C50H35N3/c1-50(2)43-17-10-16-41(48(43)42-28-37-13-6-7-14-38(37)29-44(42)50)33-21-25-35(26-22-33)47-30-46(52-49(53-47)36-11-4-3-5-12-36)34-23-19-32(20-24-34)40-27-39-15-8-9-18-45(39)51-31-40/h3-31H,1-2H3. The fourth-order valence-electron chi connectivity index (χ4n) is 8.06. The summed E-state index contributed by atoms with van der Waals surface area (Å²) < 4.78 is 0. The number of fused-ring (bicyclic) bond motifs is 5. The fraction of sp³-hybridized carbons (Fsp3) is 0.0600. The number of hydrogen-bond donors (Lipinski definition) is 0. The van der Waals surface area contributed by atoms with Gasteiger partial charge >= 0.3 is 0 Å². The lowest BCUT2D eigenvalue weighted by molar-refractivity contribution is 0.661. The molecule has 0 aliphatic heterocycles. The van der Waals surface area contributed by atoms with E-state index in [9.17, 15) is 0 Å². The van der Waals surface area contributed by atoms with Crippen LogP contribution in [0.4, 0.5) is 0 Å². The Morgan fingerprint density at radius 2 is 1.00 bits per heavy atom. The number of benzene rings is 7. The molecule has 250 valence electrons. The summed E-state index contributed by atoms with van der Waals surface area (Å²) in [5.74, 6) is 0.705.